The van der Waals surface area contributed by atoms with Crippen LogP contribution in [0.15, 0.2) is 60.7 Å². The van der Waals surface area contributed by atoms with Crippen LogP contribution in [0.2, 0.25) is 0 Å². The Bertz CT molecular complexity index is 506. The van der Waals surface area contributed by atoms with E-state index in [9.17, 15) is 0 Å². The maximum atomic E-state index is 5.83. The van der Waals surface area contributed by atoms with Crippen LogP contribution in [0.4, 0.5) is 0 Å². The topological polar surface area (TPSA) is 9.23 Å². The van der Waals surface area contributed by atoms with Crippen molar-refractivity contribution in [3.05, 3.63) is 71.8 Å². The molecule has 0 radical (unpaired) electrons. The predicted octanol–water partition coefficient (Wildman–Crippen LogP) is 4.52. The predicted molar refractivity (Wildman–Crippen MR) is 77.0 cm³/mol. The zero-order valence-electron chi connectivity index (χ0n) is 10.1. The first-order valence-corrected chi connectivity index (χ1v) is 6.42. The van der Waals surface area contributed by atoms with E-state index in [1.54, 1.807) is 0 Å². The van der Waals surface area contributed by atoms with E-state index < -0.39 is 0 Å². The van der Waals surface area contributed by atoms with E-state index in [2.05, 4.69) is 12.1 Å². The molecule has 0 saturated heterocycles. The molecule has 2 heteroatoms. The average Bonchev–Trinajstić information content (AvgIpc) is 2.45. The standard InChI is InChI=1S/C16H15ClO/c17-12-6-10-15-9-4-5-11-16(15)18-13-14-7-2-1-3-8-14/h1-11H,12-13H2. The van der Waals surface area contributed by atoms with Crippen molar-refractivity contribution >= 4 is 17.7 Å². The molecule has 0 amide bonds. The largest absolute Gasteiger partial charge is 0.488 e. The maximum absolute atomic E-state index is 5.83. The molecule has 2 aromatic carbocycles. The number of hydrogen-bond donors (Lipinski definition) is 0. The molecule has 0 saturated carbocycles. The first-order valence-electron chi connectivity index (χ1n) is 5.88. The van der Waals surface area contributed by atoms with Gasteiger partial charge in [-0.3, -0.25) is 0 Å². The van der Waals surface area contributed by atoms with E-state index in [-0.39, 0.29) is 0 Å². The Morgan fingerprint density at radius 3 is 2.44 bits per heavy atom. The molecule has 0 aliphatic rings. The molecule has 0 unspecified atom stereocenters. The lowest BCUT2D eigenvalue weighted by atomic mass is 10.2. The highest BCUT2D eigenvalue weighted by molar-refractivity contribution is 6.19. The molecule has 0 bridgehead atoms. The van der Waals surface area contributed by atoms with Gasteiger partial charge in [0.05, 0.1) is 0 Å². The summed E-state index contributed by atoms with van der Waals surface area (Å²) in [6, 6.07) is 18.1. The molecule has 2 rings (SSSR count). The van der Waals surface area contributed by atoms with E-state index in [1.807, 2.05) is 54.6 Å². The first kappa shape index (κ1) is 12.7. The normalized spacial score (nSPS) is 10.7. The van der Waals surface area contributed by atoms with Gasteiger partial charge >= 0.3 is 0 Å². The summed E-state index contributed by atoms with van der Waals surface area (Å²) in [7, 11) is 0. The molecule has 2 aromatic rings. The van der Waals surface area contributed by atoms with E-state index in [0.29, 0.717) is 12.5 Å². The number of allylic oxidation sites excluding steroid dienone is 1. The molecular weight excluding hydrogens is 244 g/mol. The third kappa shape index (κ3) is 3.64. The fraction of sp³-hybridized carbons (Fsp3) is 0.125. The van der Waals surface area contributed by atoms with Crippen LogP contribution >= 0.6 is 11.6 Å². The Balaban J connectivity index is 2.07. The lowest BCUT2D eigenvalue weighted by Crippen LogP contribution is -1.96. The van der Waals surface area contributed by atoms with Crippen molar-refractivity contribution in [2.75, 3.05) is 5.88 Å². The lowest BCUT2D eigenvalue weighted by molar-refractivity contribution is 0.305. The summed E-state index contributed by atoms with van der Waals surface area (Å²) in [5, 5.41) is 0. The van der Waals surface area contributed by atoms with E-state index >= 15 is 0 Å². The van der Waals surface area contributed by atoms with Gasteiger partial charge < -0.3 is 4.74 Å². The Morgan fingerprint density at radius 2 is 1.67 bits per heavy atom. The number of benzene rings is 2. The van der Waals surface area contributed by atoms with Gasteiger partial charge in [-0.25, -0.2) is 0 Å². The van der Waals surface area contributed by atoms with Crippen molar-refractivity contribution in [3.63, 3.8) is 0 Å². The van der Waals surface area contributed by atoms with Gasteiger partial charge in [-0.2, -0.15) is 0 Å². The van der Waals surface area contributed by atoms with Crippen molar-refractivity contribution in [2.45, 2.75) is 6.61 Å². The molecule has 0 heterocycles. The molecule has 0 atom stereocenters. The van der Waals surface area contributed by atoms with Crippen molar-refractivity contribution in [2.24, 2.45) is 0 Å². The van der Waals surface area contributed by atoms with Crippen LogP contribution in [-0.2, 0) is 6.61 Å². The molecule has 0 aromatic heterocycles. The molecule has 0 fully saturated rings. The molecule has 18 heavy (non-hydrogen) atoms. The molecule has 92 valence electrons. The van der Waals surface area contributed by atoms with Gasteiger partial charge in [-0.15, -0.1) is 11.6 Å². The van der Waals surface area contributed by atoms with Crippen molar-refractivity contribution < 1.29 is 4.74 Å². The minimum atomic E-state index is 0.507. The van der Waals surface area contributed by atoms with Crippen LogP contribution in [0.3, 0.4) is 0 Å². The van der Waals surface area contributed by atoms with E-state index in [0.717, 1.165) is 16.9 Å². The van der Waals surface area contributed by atoms with Gasteiger partial charge in [0.25, 0.3) is 0 Å². The summed E-state index contributed by atoms with van der Waals surface area (Å²) in [4.78, 5) is 0. The summed E-state index contributed by atoms with van der Waals surface area (Å²) in [5.74, 6) is 1.38. The highest BCUT2D eigenvalue weighted by Gasteiger charge is 1.99. The van der Waals surface area contributed by atoms with Gasteiger partial charge in [-0.05, 0) is 11.6 Å². The summed E-state index contributed by atoms with van der Waals surface area (Å²) in [6.07, 6.45) is 3.89. The second-order valence-corrected chi connectivity index (χ2v) is 4.18. The minimum Gasteiger partial charge on any atom is -0.488 e. The van der Waals surface area contributed by atoms with Crippen LogP contribution in [0.1, 0.15) is 11.1 Å². The molecule has 0 aliphatic carbocycles. The summed E-state index contributed by atoms with van der Waals surface area (Å²) in [6.45, 7) is 0.576. The van der Waals surface area contributed by atoms with Gasteiger partial charge in [-0.1, -0.05) is 60.7 Å². The lowest BCUT2D eigenvalue weighted by Gasteiger charge is -2.09. The molecule has 0 N–H and O–H groups in total. The Kier molecular flexibility index (Phi) is 4.86. The van der Waals surface area contributed by atoms with Gasteiger partial charge in [0.1, 0.15) is 12.4 Å². The zero-order chi connectivity index (χ0) is 12.6. The highest BCUT2D eigenvalue weighted by atomic mass is 35.5. The van der Waals surface area contributed by atoms with Crippen molar-refractivity contribution in [1.29, 1.82) is 0 Å². The second kappa shape index (κ2) is 6.87. The number of halogens is 1. The van der Waals surface area contributed by atoms with Crippen LogP contribution in [0.5, 0.6) is 5.75 Å². The molecular formula is C16H15ClO. The third-order valence-electron chi connectivity index (χ3n) is 2.54. The molecule has 0 spiro atoms. The maximum Gasteiger partial charge on any atom is 0.127 e. The molecule has 1 nitrogen and oxygen atoms in total. The Morgan fingerprint density at radius 1 is 0.944 bits per heavy atom. The Hall–Kier alpha value is -1.73. The van der Waals surface area contributed by atoms with Gasteiger partial charge in [0.2, 0.25) is 0 Å². The van der Waals surface area contributed by atoms with Gasteiger partial charge in [0.15, 0.2) is 0 Å². The number of para-hydroxylation sites is 1. The van der Waals surface area contributed by atoms with Crippen LogP contribution < -0.4 is 4.74 Å². The monoisotopic (exact) mass is 258 g/mol. The van der Waals surface area contributed by atoms with Crippen molar-refractivity contribution in [1.82, 2.24) is 0 Å². The minimum absolute atomic E-state index is 0.507. The van der Waals surface area contributed by atoms with Crippen molar-refractivity contribution in [3.8, 4) is 5.75 Å². The average molecular weight is 259 g/mol. The number of hydrogen-bond acceptors (Lipinski definition) is 1. The van der Waals surface area contributed by atoms with Gasteiger partial charge in [0, 0.05) is 11.4 Å². The van der Waals surface area contributed by atoms with E-state index in [4.69, 9.17) is 16.3 Å². The quantitative estimate of drug-likeness (QED) is 0.717. The SMILES string of the molecule is ClCC=Cc1ccccc1OCc1ccccc1. The summed E-state index contributed by atoms with van der Waals surface area (Å²) in [5.41, 5.74) is 2.21. The number of alkyl halides is 1. The van der Waals surface area contributed by atoms with Crippen LogP contribution in [0, 0.1) is 0 Å². The number of ether oxygens (including phenoxy) is 1. The van der Waals surface area contributed by atoms with Crippen LogP contribution in [0.25, 0.3) is 6.08 Å². The molecule has 0 aliphatic heterocycles. The Labute approximate surface area is 113 Å². The highest BCUT2D eigenvalue weighted by Crippen LogP contribution is 2.20. The first-order chi connectivity index (χ1) is 8.90. The zero-order valence-corrected chi connectivity index (χ0v) is 10.8. The third-order valence-corrected chi connectivity index (χ3v) is 2.72. The summed E-state index contributed by atoms with van der Waals surface area (Å²) >= 11 is 5.65. The van der Waals surface area contributed by atoms with E-state index in [1.165, 1.54) is 0 Å². The fourth-order valence-corrected chi connectivity index (χ4v) is 1.75. The second-order valence-electron chi connectivity index (χ2n) is 3.87. The smallest absolute Gasteiger partial charge is 0.127 e. The number of rotatable bonds is 5. The summed E-state index contributed by atoms with van der Waals surface area (Å²) < 4.78 is 5.83. The van der Waals surface area contributed by atoms with Crippen LogP contribution in [-0.4, -0.2) is 5.88 Å². The fourth-order valence-electron chi connectivity index (χ4n) is 1.66.